The standard InChI is InChI=1S/C48H69N7O6/c1-9-30(4)43(54(6)48(59)41(29(2)3)53-47(58)42-34-22-23-35(26-34)50-42)39(60-7)27-40(56)55-24-16-21-38(55)44(61-8)31(5)46(57)52-36(25-32-17-12-10-13-18-32)45-49-28-37(51-45)33-19-14-11-15-20-33/h10-15,17-20,28-31,34-36,38-39,41-44,50H,9,16,21-27H2,1-8H3,(H,49,51)(H,52,57)(H,53,58)/t30-,31+,34-,35+,36-,38?,39+,41?,42-,43-,44+/m0/s1. The van der Waals surface area contributed by atoms with Crippen molar-refractivity contribution in [2.45, 2.75) is 134 Å². The molecular formula is C48H69N7O6. The zero-order valence-electron chi connectivity index (χ0n) is 37.4. The van der Waals surface area contributed by atoms with Crippen LogP contribution in [0, 0.1) is 23.7 Å². The largest absolute Gasteiger partial charge is 0.379 e. The molecule has 1 saturated carbocycles. The normalized spacial score (nSPS) is 23.2. The number of amides is 4. The van der Waals surface area contributed by atoms with Gasteiger partial charge in [-0.1, -0.05) is 102 Å². The number of piperidine rings is 1. The Morgan fingerprint density at radius 2 is 1.64 bits per heavy atom. The molecule has 13 nitrogen and oxygen atoms in total. The Morgan fingerprint density at radius 3 is 2.25 bits per heavy atom. The third-order valence-corrected chi connectivity index (χ3v) is 13.7. The molecule has 2 bridgehead atoms. The number of carbonyl (C=O) groups excluding carboxylic acids is 4. The number of aromatic nitrogens is 2. The van der Waals surface area contributed by atoms with Crippen molar-refractivity contribution in [2.75, 3.05) is 27.8 Å². The fraction of sp³-hybridized carbons (Fsp3) is 0.604. The predicted octanol–water partition coefficient (Wildman–Crippen LogP) is 5.68. The number of ether oxygens (including phenoxy) is 2. The summed E-state index contributed by atoms with van der Waals surface area (Å²) < 4.78 is 12.2. The van der Waals surface area contributed by atoms with Gasteiger partial charge in [0.1, 0.15) is 11.9 Å². The lowest BCUT2D eigenvalue weighted by Gasteiger charge is -2.41. The lowest BCUT2D eigenvalue weighted by molar-refractivity contribution is -0.147. The van der Waals surface area contributed by atoms with Crippen molar-refractivity contribution in [3.05, 3.63) is 78.2 Å². The minimum Gasteiger partial charge on any atom is -0.379 e. The van der Waals surface area contributed by atoms with Gasteiger partial charge in [-0.3, -0.25) is 19.2 Å². The first-order valence-electron chi connectivity index (χ1n) is 22.5. The first kappa shape index (κ1) is 45.9. The quantitative estimate of drug-likeness (QED) is 0.113. The molecule has 332 valence electrons. The van der Waals surface area contributed by atoms with E-state index in [1.165, 1.54) is 0 Å². The van der Waals surface area contributed by atoms with Crippen molar-refractivity contribution >= 4 is 23.6 Å². The second-order valence-corrected chi connectivity index (χ2v) is 18.0. The van der Waals surface area contributed by atoms with Crippen LogP contribution < -0.4 is 16.0 Å². The van der Waals surface area contributed by atoms with Crippen LogP contribution in [0.25, 0.3) is 11.3 Å². The lowest BCUT2D eigenvalue weighted by atomic mass is 9.89. The summed E-state index contributed by atoms with van der Waals surface area (Å²) in [5, 5.41) is 9.83. The highest BCUT2D eigenvalue weighted by Gasteiger charge is 2.46. The summed E-state index contributed by atoms with van der Waals surface area (Å²) in [6.07, 6.45) is 6.53. The molecule has 2 saturated heterocycles. The van der Waals surface area contributed by atoms with Crippen LogP contribution in [0.2, 0.25) is 0 Å². The first-order chi connectivity index (χ1) is 29.3. The molecule has 61 heavy (non-hydrogen) atoms. The van der Waals surface area contributed by atoms with Gasteiger partial charge in [-0.25, -0.2) is 4.98 Å². The zero-order valence-corrected chi connectivity index (χ0v) is 37.4. The summed E-state index contributed by atoms with van der Waals surface area (Å²) in [5.41, 5.74) is 2.92. The zero-order chi connectivity index (χ0) is 43.8. The number of aromatic amines is 1. The molecular weight excluding hydrogens is 771 g/mol. The number of carbonyl (C=O) groups is 4. The molecule has 4 N–H and O–H groups in total. The number of nitrogens with one attached hydrogen (secondary N) is 4. The van der Waals surface area contributed by atoms with Gasteiger partial charge in [0.05, 0.1) is 60.6 Å². The Bertz CT molecular complexity index is 1910. The Labute approximate surface area is 362 Å². The molecule has 2 unspecified atom stereocenters. The number of nitrogens with zero attached hydrogens (tertiary/aromatic N) is 3. The minimum absolute atomic E-state index is 0.00553. The smallest absolute Gasteiger partial charge is 0.245 e. The van der Waals surface area contributed by atoms with Crippen molar-refractivity contribution in [1.82, 2.24) is 35.7 Å². The number of fused-ring (bicyclic) bond motifs is 2. The molecule has 0 radical (unpaired) electrons. The molecule has 4 amide bonds. The average Bonchev–Trinajstić information content (AvgIpc) is 4.12. The Hall–Kier alpha value is -4.59. The van der Waals surface area contributed by atoms with E-state index in [0.717, 1.165) is 48.9 Å². The van der Waals surface area contributed by atoms with Gasteiger partial charge in [0.25, 0.3) is 0 Å². The number of hydrogen-bond donors (Lipinski definition) is 4. The van der Waals surface area contributed by atoms with Crippen LogP contribution in [0.5, 0.6) is 0 Å². The molecule has 13 heteroatoms. The van der Waals surface area contributed by atoms with Crippen molar-refractivity contribution in [2.24, 2.45) is 23.7 Å². The molecule has 3 fully saturated rings. The van der Waals surface area contributed by atoms with Crippen LogP contribution in [-0.4, -0.2) is 114 Å². The van der Waals surface area contributed by atoms with Crippen molar-refractivity contribution in [1.29, 1.82) is 0 Å². The van der Waals surface area contributed by atoms with Gasteiger partial charge in [0.15, 0.2) is 0 Å². The van der Waals surface area contributed by atoms with Gasteiger partial charge in [-0.05, 0) is 67.4 Å². The molecule has 3 aliphatic rings. The number of hydrogen-bond acceptors (Lipinski definition) is 8. The molecule has 11 atom stereocenters. The third kappa shape index (κ3) is 10.7. The summed E-state index contributed by atoms with van der Waals surface area (Å²) in [5.74, 6) is -0.412. The van der Waals surface area contributed by atoms with E-state index in [1.54, 1.807) is 32.4 Å². The molecule has 1 aromatic heterocycles. The fourth-order valence-electron chi connectivity index (χ4n) is 10.1. The van der Waals surface area contributed by atoms with E-state index in [2.05, 4.69) is 34.8 Å². The van der Waals surface area contributed by atoms with Gasteiger partial charge in [-0.2, -0.15) is 0 Å². The number of likely N-dealkylation sites (tertiary alicyclic amines) is 1. The van der Waals surface area contributed by atoms with Crippen LogP contribution in [0.4, 0.5) is 0 Å². The summed E-state index contributed by atoms with van der Waals surface area (Å²) in [6, 6.07) is 18.1. The molecule has 3 aromatic rings. The van der Waals surface area contributed by atoms with E-state index in [4.69, 9.17) is 14.5 Å². The highest BCUT2D eigenvalue weighted by atomic mass is 16.5. The van der Waals surface area contributed by atoms with Crippen LogP contribution >= 0.6 is 0 Å². The molecule has 0 spiro atoms. The topological polar surface area (TPSA) is 158 Å². The molecule has 6 rings (SSSR count). The maximum absolute atomic E-state index is 14.4. The SMILES string of the molecule is CC[C@H](C)[C@@H]([C@@H](CC(=O)N1CCCC1[C@H](OC)[C@@H](C)C(=O)N[C@@H](Cc1ccccc1)c1ncc(-c2ccccc2)[nH]1)OC)N(C)C(=O)C(NC(=O)[C@H]1N[C@@H]2CC[C@H]1C2)C(C)C. The third-order valence-electron chi connectivity index (χ3n) is 13.7. The van der Waals surface area contributed by atoms with E-state index in [-0.39, 0.29) is 54.0 Å². The molecule has 2 aliphatic heterocycles. The maximum Gasteiger partial charge on any atom is 0.245 e. The molecule has 2 aromatic carbocycles. The first-order valence-corrected chi connectivity index (χ1v) is 22.5. The number of imidazole rings is 1. The van der Waals surface area contributed by atoms with E-state index in [9.17, 15) is 19.2 Å². The average molecular weight is 840 g/mol. The minimum atomic E-state index is -0.720. The maximum atomic E-state index is 14.4. The summed E-state index contributed by atoms with van der Waals surface area (Å²) in [4.78, 5) is 68.2. The number of benzene rings is 2. The van der Waals surface area contributed by atoms with Crippen molar-refractivity contribution in [3.8, 4) is 11.3 Å². The highest BCUT2D eigenvalue weighted by Crippen LogP contribution is 2.36. The number of likely N-dealkylation sites (N-methyl/N-ethyl adjacent to an activating group) is 1. The second kappa shape index (κ2) is 21.0. The summed E-state index contributed by atoms with van der Waals surface area (Å²) >= 11 is 0. The van der Waals surface area contributed by atoms with Crippen LogP contribution in [0.15, 0.2) is 66.9 Å². The van der Waals surface area contributed by atoms with E-state index in [0.29, 0.717) is 37.2 Å². The molecule has 3 heterocycles. The van der Waals surface area contributed by atoms with Crippen LogP contribution in [0.1, 0.15) is 97.0 Å². The number of rotatable bonds is 20. The van der Waals surface area contributed by atoms with E-state index < -0.39 is 36.3 Å². The van der Waals surface area contributed by atoms with E-state index >= 15 is 0 Å². The highest BCUT2D eigenvalue weighted by molar-refractivity contribution is 5.90. The van der Waals surface area contributed by atoms with Gasteiger partial charge >= 0.3 is 0 Å². The van der Waals surface area contributed by atoms with Crippen LogP contribution in [0.3, 0.4) is 0 Å². The fourth-order valence-corrected chi connectivity index (χ4v) is 10.1. The lowest BCUT2D eigenvalue weighted by Crippen LogP contribution is -2.59. The number of H-pyrrole nitrogens is 1. The molecule has 1 aliphatic carbocycles. The van der Waals surface area contributed by atoms with Gasteiger partial charge in [0, 0.05) is 33.9 Å². The van der Waals surface area contributed by atoms with Crippen molar-refractivity contribution < 1.29 is 28.7 Å². The van der Waals surface area contributed by atoms with E-state index in [1.807, 2.05) is 86.3 Å². The summed E-state index contributed by atoms with van der Waals surface area (Å²) in [7, 11) is 4.96. The van der Waals surface area contributed by atoms with Crippen LogP contribution in [-0.2, 0) is 35.1 Å². The summed E-state index contributed by atoms with van der Waals surface area (Å²) in [6.45, 7) is 10.4. The predicted molar refractivity (Wildman–Crippen MR) is 236 cm³/mol. The van der Waals surface area contributed by atoms with Gasteiger partial charge in [0.2, 0.25) is 23.6 Å². The van der Waals surface area contributed by atoms with Gasteiger partial charge in [-0.15, -0.1) is 0 Å². The second-order valence-electron chi connectivity index (χ2n) is 18.0. The van der Waals surface area contributed by atoms with Gasteiger partial charge < -0.3 is 40.2 Å². The Kier molecular flexibility index (Phi) is 15.8. The van der Waals surface area contributed by atoms with Crippen molar-refractivity contribution in [3.63, 3.8) is 0 Å². The Morgan fingerprint density at radius 1 is 0.934 bits per heavy atom. The number of methoxy groups -OCH3 is 2. The monoisotopic (exact) mass is 840 g/mol. The Balaban J connectivity index is 1.14.